The van der Waals surface area contributed by atoms with Crippen LogP contribution in [0.1, 0.15) is 51.4 Å². The predicted octanol–water partition coefficient (Wildman–Crippen LogP) is 1.68. The van der Waals surface area contributed by atoms with Crippen molar-refractivity contribution in [3.63, 3.8) is 0 Å². The summed E-state index contributed by atoms with van der Waals surface area (Å²) in [5.41, 5.74) is 5.72. The highest BCUT2D eigenvalue weighted by Gasteiger charge is 2.46. The van der Waals surface area contributed by atoms with Crippen LogP contribution in [-0.4, -0.2) is 42.6 Å². The third-order valence-electron chi connectivity index (χ3n) is 5.40. The van der Waals surface area contributed by atoms with E-state index in [1.807, 2.05) is 0 Å². The molecule has 0 bridgehead atoms. The lowest BCUT2D eigenvalue weighted by Gasteiger charge is -2.46. The number of carbonyl (C=O) groups excluding carboxylic acids is 1. The molecule has 4 heteroatoms. The molecular formula is C15H26N2O2. The Labute approximate surface area is 115 Å². The van der Waals surface area contributed by atoms with Crippen LogP contribution in [0.15, 0.2) is 0 Å². The molecule has 2 saturated carbocycles. The van der Waals surface area contributed by atoms with Crippen molar-refractivity contribution >= 4 is 5.91 Å². The Morgan fingerprint density at radius 1 is 1.21 bits per heavy atom. The minimum Gasteiger partial charge on any atom is -0.374 e. The highest BCUT2D eigenvalue weighted by Crippen LogP contribution is 2.41. The van der Waals surface area contributed by atoms with Gasteiger partial charge in [-0.25, -0.2) is 0 Å². The van der Waals surface area contributed by atoms with E-state index < -0.39 is 0 Å². The summed E-state index contributed by atoms with van der Waals surface area (Å²) < 4.78 is 5.87. The molecule has 0 radical (unpaired) electrons. The first-order valence-corrected chi connectivity index (χ1v) is 7.90. The summed E-state index contributed by atoms with van der Waals surface area (Å²) in [5.74, 6) is 0.327. The molecule has 108 valence electrons. The lowest BCUT2D eigenvalue weighted by atomic mass is 9.82. The molecule has 2 atom stereocenters. The smallest absolute Gasteiger partial charge is 0.230 e. The SMILES string of the molecule is NCC1(C(=O)N2CCOC3CCCCC32)CCCC1. The Hall–Kier alpha value is -0.610. The average Bonchev–Trinajstić information content (AvgIpc) is 2.96. The lowest BCUT2D eigenvalue weighted by Crippen LogP contribution is -2.59. The van der Waals surface area contributed by atoms with Crippen LogP contribution in [0.4, 0.5) is 0 Å². The fraction of sp³-hybridized carbons (Fsp3) is 0.933. The molecule has 2 N–H and O–H groups in total. The summed E-state index contributed by atoms with van der Waals surface area (Å²) in [7, 11) is 0. The average molecular weight is 266 g/mol. The van der Waals surface area contributed by atoms with Crippen LogP contribution in [-0.2, 0) is 9.53 Å². The van der Waals surface area contributed by atoms with Crippen molar-refractivity contribution in [3.8, 4) is 0 Å². The van der Waals surface area contributed by atoms with E-state index in [0.717, 1.165) is 45.1 Å². The Balaban J connectivity index is 1.77. The van der Waals surface area contributed by atoms with E-state index in [2.05, 4.69) is 4.90 Å². The number of nitrogens with two attached hydrogens (primary N) is 1. The number of rotatable bonds is 2. The number of fused-ring (bicyclic) bond motifs is 1. The van der Waals surface area contributed by atoms with Gasteiger partial charge in [0.05, 0.1) is 24.2 Å². The van der Waals surface area contributed by atoms with Crippen molar-refractivity contribution in [2.45, 2.75) is 63.5 Å². The molecule has 2 unspecified atom stereocenters. The van der Waals surface area contributed by atoms with Gasteiger partial charge in [0.25, 0.3) is 0 Å². The van der Waals surface area contributed by atoms with Gasteiger partial charge >= 0.3 is 0 Å². The number of amides is 1. The maximum atomic E-state index is 13.0. The zero-order valence-electron chi connectivity index (χ0n) is 11.8. The molecule has 19 heavy (non-hydrogen) atoms. The van der Waals surface area contributed by atoms with Gasteiger partial charge in [-0.15, -0.1) is 0 Å². The first kappa shape index (κ1) is 13.4. The molecule has 1 heterocycles. The van der Waals surface area contributed by atoms with E-state index in [4.69, 9.17) is 10.5 Å². The molecule has 0 aromatic rings. The Morgan fingerprint density at radius 3 is 2.68 bits per heavy atom. The number of morpholine rings is 1. The maximum Gasteiger partial charge on any atom is 0.230 e. The Morgan fingerprint density at radius 2 is 1.95 bits per heavy atom. The molecule has 3 fully saturated rings. The molecule has 0 spiro atoms. The van der Waals surface area contributed by atoms with Crippen LogP contribution < -0.4 is 5.73 Å². The van der Waals surface area contributed by atoms with Gasteiger partial charge < -0.3 is 15.4 Å². The van der Waals surface area contributed by atoms with Crippen molar-refractivity contribution in [3.05, 3.63) is 0 Å². The Kier molecular flexibility index (Phi) is 3.81. The standard InChI is InChI=1S/C15H26N2O2/c16-11-15(7-3-4-8-15)14(18)17-9-10-19-13-6-2-1-5-12(13)17/h12-13H,1-11,16H2. The van der Waals surface area contributed by atoms with Gasteiger partial charge in [-0.1, -0.05) is 25.7 Å². The molecule has 0 aromatic heterocycles. The quantitative estimate of drug-likeness (QED) is 0.827. The molecule has 3 rings (SSSR count). The Bertz CT molecular complexity index is 337. The summed E-state index contributed by atoms with van der Waals surface area (Å²) >= 11 is 0. The molecule has 1 saturated heterocycles. The summed E-state index contributed by atoms with van der Waals surface area (Å²) in [6.45, 7) is 1.98. The molecule has 1 amide bonds. The fourth-order valence-electron chi connectivity index (χ4n) is 4.21. The van der Waals surface area contributed by atoms with Crippen molar-refractivity contribution in [2.75, 3.05) is 19.7 Å². The fourth-order valence-corrected chi connectivity index (χ4v) is 4.21. The minimum atomic E-state index is -0.251. The van der Waals surface area contributed by atoms with Gasteiger partial charge in [-0.2, -0.15) is 0 Å². The van der Waals surface area contributed by atoms with Gasteiger partial charge in [0.1, 0.15) is 0 Å². The number of ether oxygens (including phenoxy) is 1. The first-order chi connectivity index (χ1) is 9.27. The third kappa shape index (κ3) is 2.29. The summed E-state index contributed by atoms with van der Waals surface area (Å²) in [5, 5.41) is 0. The number of hydrogen-bond acceptors (Lipinski definition) is 3. The number of nitrogens with zero attached hydrogens (tertiary/aromatic N) is 1. The van der Waals surface area contributed by atoms with Crippen molar-refractivity contribution in [2.24, 2.45) is 11.1 Å². The number of hydrogen-bond donors (Lipinski definition) is 1. The highest BCUT2D eigenvalue weighted by atomic mass is 16.5. The van der Waals surface area contributed by atoms with E-state index in [-0.39, 0.29) is 11.5 Å². The molecule has 3 aliphatic rings. The van der Waals surface area contributed by atoms with E-state index in [1.54, 1.807) is 0 Å². The van der Waals surface area contributed by atoms with E-state index in [1.165, 1.54) is 12.8 Å². The van der Waals surface area contributed by atoms with E-state index >= 15 is 0 Å². The van der Waals surface area contributed by atoms with Crippen LogP contribution in [0.5, 0.6) is 0 Å². The van der Waals surface area contributed by atoms with Crippen molar-refractivity contribution in [1.82, 2.24) is 4.90 Å². The van der Waals surface area contributed by atoms with Crippen molar-refractivity contribution < 1.29 is 9.53 Å². The molecule has 2 aliphatic carbocycles. The summed E-state index contributed by atoms with van der Waals surface area (Å²) in [6, 6.07) is 0.319. The van der Waals surface area contributed by atoms with Gasteiger partial charge in [0.15, 0.2) is 0 Å². The second-order valence-corrected chi connectivity index (χ2v) is 6.45. The normalized spacial score (nSPS) is 34.1. The first-order valence-electron chi connectivity index (χ1n) is 7.90. The third-order valence-corrected chi connectivity index (χ3v) is 5.40. The summed E-state index contributed by atoms with van der Waals surface area (Å²) in [4.78, 5) is 15.1. The van der Waals surface area contributed by atoms with Crippen LogP contribution in [0.2, 0.25) is 0 Å². The molecule has 1 aliphatic heterocycles. The molecular weight excluding hydrogens is 240 g/mol. The van der Waals surface area contributed by atoms with Crippen LogP contribution >= 0.6 is 0 Å². The zero-order chi connectivity index (χ0) is 13.3. The van der Waals surface area contributed by atoms with Gasteiger partial charge in [0, 0.05) is 13.1 Å². The van der Waals surface area contributed by atoms with Crippen LogP contribution in [0.25, 0.3) is 0 Å². The van der Waals surface area contributed by atoms with E-state index in [0.29, 0.717) is 25.1 Å². The second kappa shape index (κ2) is 5.41. The summed E-state index contributed by atoms with van der Waals surface area (Å²) in [6.07, 6.45) is 9.25. The van der Waals surface area contributed by atoms with Gasteiger partial charge in [0.2, 0.25) is 5.91 Å². The molecule has 0 aromatic carbocycles. The highest BCUT2D eigenvalue weighted by molar-refractivity contribution is 5.83. The predicted molar refractivity (Wildman–Crippen MR) is 73.7 cm³/mol. The topological polar surface area (TPSA) is 55.6 Å². The lowest BCUT2D eigenvalue weighted by molar-refractivity contribution is -0.159. The zero-order valence-corrected chi connectivity index (χ0v) is 11.8. The van der Waals surface area contributed by atoms with Gasteiger partial charge in [-0.05, 0) is 25.7 Å². The largest absolute Gasteiger partial charge is 0.374 e. The van der Waals surface area contributed by atoms with Crippen LogP contribution in [0, 0.1) is 5.41 Å². The number of carbonyl (C=O) groups is 1. The molecule has 4 nitrogen and oxygen atoms in total. The minimum absolute atomic E-state index is 0.251. The van der Waals surface area contributed by atoms with Crippen LogP contribution in [0.3, 0.4) is 0 Å². The maximum absolute atomic E-state index is 13.0. The van der Waals surface area contributed by atoms with Gasteiger partial charge in [-0.3, -0.25) is 4.79 Å². The van der Waals surface area contributed by atoms with E-state index in [9.17, 15) is 4.79 Å². The monoisotopic (exact) mass is 266 g/mol. The van der Waals surface area contributed by atoms with Crippen molar-refractivity contribution in [1.29, 1.82) is 0 Å². The second-order valence-electron chi connectivity index (χ2n) is 6.45.